The average Bonchev–Trinajstić information content (AvgIpc) is 2.40. The van der Waals surface area contributed by atoms with Crippen molar-refractivity contribution in [2.45, 2.75) is 6.92 Å². The van der Waals surface area contributed by atoms with Gasteiger partial charge in [-0.25, -0.2) is 0 Å². The van der Waals surface area contributed by atoms with Crippen LogP contribution in [0.15, 0.2) is 42.6 Å². The van der Waals surface area contributed by atoms with Crippen molar-refractivity contribution in [1.82, 2.24) is 4.98 Å². The molecule has 84 valence electrons. The van der Waals surface area contributed by atoms with E-state index < -0.39 is 0 Å². The molecule has 0 saturated carbocycles. The second kappa shape index (κ2) is 4.01. The third-order valence-electron chi connectivity index (χ3n) is 2.83. The zero-order chi connectivity index (χ0) is 11.7. The molecule has 17 heavy (non-hydrogen) atoms. The lowest BCUT2D eigenvalue weighted by atomic mass is 10.1. The number of ether oxygens (including phenoxy) is 1. The standard InChI is InChI=1S/C14H13N2O/c1-11-5-4-6-12-9-16(10-17-14(11)12)13-7-2-3-8-15-13/h2-9H,10H2,1H3/q+1. The number of hydrogen-bond donors (Lipinski definition) is 0. The zero-order valence-electron chi connectivity index (χ0n) is 9.63. The van der Waals surface area contributed by atoms with Crippen molar-refractivity contribution in [1.29, 1.82) is 0 Å². The second-order valence-electron chi connectivity index (χ2n) is 4.05. The Morgan fingerprint density at radius 3 is 2.94 bits per heavy atom. The number of rotatable bonds is 1. The molecule has 0 saturated heterocycles. The third-order valence-corrected chi connectivity index (χ3v) is 2.83. The molecule has 0 fully saturated rings. The van der Waals surface area contributed by atoms with Gasteiger partial charge in [0.05, 0.1) is 5.56 Å². The molecule has 0 unspecified atom stereocenters. The molecule has 2 heterocycles. The molecule has 3 nitrogen and oxygen atoms in total. The van der Waals surface area contributed by atoms with Crippen molar-refractivity contribution in [3.8, 4) is 5.75 Å². The minimum atomic E-state index is 0.509. The van der Waals surface area contributed by atoms with Crippen LogP contribution in [0, 0.1) is 6.92 Å². The fourth-order valence-corrected chi connectivity index (χ4v) is 1.97. The number of aryl methyl sites for hydroxylation is 1. The van der Waals surface area contributed by atoms with Crippen LogP contribution in [0.25, 0.3) is 0 Å². The summed E-state index contributed by atoms with van der Waals surface area (Å²) in [5, 5.41) is 0. The molecule has 1 aliphatic rings. The van der Waals surface area contributed by atoms with E-state index in [-0.39, 0.29) is 0 Å². The molecule has 1 aromatic heterocycles. The summed E-state index contributed by atoms with van der Waals surface area (Å²) in [7, 11) is 0. The number of fused-ring (bicyclic) bond motifs is 1. The number of hydrogen-bond acceptors (Lipinski definition) is 2. The van der Waals surface area contributed by atoms with E-state index in [1.807, 2.05) is 28.8 Å². The molecule has 0 amide bonds. The van der Waals surface area contributed by atoms with Crippen LogP contribution >= 0.6 is 0 Å². The Hall–Kier alpha value is -2.16. The van der Waals surface area contributed by atoms with Crippen molar-refractivity contribution in [2.75, 3.05) is 6.73 Å². The first-order valence-corrected chi connectivity index (χ1v) is 5.59. The lowest BCUT2D eigenvalue weighted by Crippen LogP contribution is -2.21. The Morgan fingerprint density at radius 2 is 2.12 bits per heavy atom. The molecular weight excluding hydrogens is 212 g/mol. The van der Waals surface area contributed by atoms with Gasteiger partial charge < -0.3 is 4.74 Å². The molecule has 1 aromatic carbocycles. The van der Waals surface area contributed by atoms with Crippen molar-refractivity contribution < 1.29 is 9.31 Å². The first-order valence-electron chi connectivity index (χ1n) is 5.59. The van der Waals surface area contributed by atoms with Crippen molar-refractivity contribution in [2.24, 2.45) is 0 Å². The fourth-order valence-electron chi connectivity index (χ4n) is 1.97. The SMILES string of the molecule is Cc1cccc2c1OC[N+](c1ccccn1)=C2. The van der Waals surface area contributed by atoms with Gasteiger partial charge in [-0.3, -0.25) is 0 Å². The number of nitrogens with zero attached hydrogens (tertiary/aromatic N) is 2. The molecule has 1 aliphatic heterocycles. The molecule has 0 aliphatic carbocycles. The first kappa shape index (κ1) is 10.0. The number of aromatic nitrogens is 1. The number of benzene rings is 1. The van der Waals surface area contributed by atoms with Crippen LogP contribution in [-0.4, -0.2) is 22.5 Å². The van der Waals surface area contributed by atoms with Crippen LogP contribution in [-0.2, 0) is 0 Å². The highest BCUT2D eigenvalue weighted by Crippen LogP contribution is 2.25. The molecule has 3 heteroatoms. The smallest absolute Gasteiger partial charge is 0.325 e. The van der Waals surface area contributed by atoms with Crippen molar-refractivity contribution in [3.05, 3.63) is 53.7 Å². The summed E-state index contributed by atoms with van der Waals surface area (Å²) in [6.45, 7) is 2.57. The van der Waals surface area contributed by atoms with Crippen molar-refractivity contribution >= 4 is 12.0 Å². The van der Waals surface area contributed by atoms with Gasteiger partial charge >= 0.3 is 5.82 Å². The topological polar surface area (TPSA) is 25.1 Å². The zero-order valence-corrected chi connectivity index (χ0v) is 9.63. The van der Waals surface area contributed by atoms with E-state index in [1.165, 1.54) is 5.56 Å². The minimum Gasteiger partial charge on any atom is -0.453 e. The van der Waals surface area contributed by atoms with Crippen molar-refractivity contribution in [3.63, 3.8) is 0 Å². The van der Waals surface area contributed by atoms with Gasteiger partial charge in [0.25, 0.3) is 0 Å². The van der Waals surface area contributed by atoms with E-state index in [2.05, 4.69) is 30.3 Å². The van der Waals surface area contributed by atoms with Crippen LogP contribution in [0.1, 0.15) is 11.1 Å². The van der Waals surface area contributed by atoms with Gasteiger partial charge in [0.2, 0.25) is 6.73 Å². The summed E-state index contributed by atoms with van der Waals surface area (Å²) >= 11 is 0. The fraction of sp³-hybridized carbons (Fsp3) is 0.143. The van der Waals surface area contributed by atoms with Crippen LogP contribution in [0.2, 0.25) is 0 Å². The van der Waals surface area contributed by atoms with Gasteiger partial charge in [0.15, 0.2) is 0 Å². The second-order valence-corrected chi connectivity index (χ2v) is 4.05. The number of para-hydroxylation sites is 1. The summed E-state index contributed by atoms with van der Waals surface area (Å²) in [5.41, 5.74) is 2.27. The summed E-state index contributed by atoms with van der Waals surface area (Å²) in [6.07, 6.45) is 3.86. The lowest BCUT2D eigenvalue weighted by Gasteiger charge is -2.16. The van der Waals surface area contributed by atoms with Crippen LogP contribution in [0.4, 0.5) is 5.82 Å². The Kier molecular flexibility index (Phi) is 2.37. The van der Waals surface area contributed by atoms with Gasteiger partial charge in [0, 0.05) is 6.07 Å². The highest BCUT2D eigenvalue weighted by molar-refractivity contribution is 5.82. The van der Waals surface area contributed by atoms with Gasteiger partial charge in [-0.05, 0) is 29.6 Å². The van der Waals surface area contributed by atoms with Gasteiger partial charge in [-0.1, -0.05) is 18.2 Å². The third kappa shape index (κ3) is 1.80. The highest BCUT2D eigenvalue weighted by atomic mass is 16.5. The van der Waals surface area contributed by atoms with Gasteiger partial charge in [-0.2, -0.15) is 4.58 Å². The predicted octanol–water partition coefficient (Wildman–Crippen LogP) is 2.50. The van der Waals surface area contributed by atoms with E-state index in [9.17, 15) is 0 Å². The monoisotopic (exact) mass is 225 g/mol. The van der Waals surface area contributed by atoms with E-state index in [4.69, 9.17) is 4.74 Å². The molecule has 2 aromatic rings. The van der Waals surface area contributed by atoms with E-state index >= 15 is 0 Å². The summed E-state index contributed by atoms with van der Waals surface area (Å²) in [4.78, 5) is 4.31. The molecular formula is C14H13N2O+. The maximum Gasteiger partial charge on any atom is 0.325 e. The molecule has 0 atom stereocenters. The van der Waals surface area contributed by atoms with E-state index in [0.717, 1.165) is 17.1 Å². The Labute approximate surface area is 100 Å². The summed E-state index contributed by atoms with van der Waals surface area (Å²) in [6, 6.07) is 12.0. The quantitative estimate of drug-likeness (QED) is 0.697. The van der Waals surface area contributed by atoms with E-state index in [0.29, 0.717) is 6.73 Å². The van der Waals surface area contributed by atoms with Crippen LogP contribution in [0.3, 0.4) is 0 Å². The molecule has 3 rings (SSSR count). The normalized spacial score (nSPS) is 13.6. The maximum atomic E-state index is 5.78. The average molecular weight is 225 g/mol. The van der Waals surface area contributed by atoms with Gasteiger partial charge in [-0.15, -0.1) is 0 Å². The predicted molar refractivity (Wildman–Crippen MR) is 66.0 cm³/mol. The highest BCUT2D eigenvalue weighted by Gasteiger charge is 2.18. The first-order chi connectivity index (χ1) is 8.34. The Morgan fingerprint density at radius 1 is 1.18 bits per heavy atom. The minimum absolute atomic E-state index is 0.509. The van der Waals surface area contributed by atoms with Crippen LogP contribution in [0.5, 0.6) is 5.75 Å². The Balaban J connectivity index is 2.07. The molecule has 0 bridgehead atoms. The van der Waals surface area contributed by atoms with Crippen LogP contribution < -0.4 is 4.74 Å². The van der Waals surface area contributed by atoms with E-state index in [1.54, 1.807) is 6.20 Å². The lowest BCUT2D eigenvalue weighted by molar-refractivity contribution is -0.479. The largest absolute Gasteiger partial charge is 0.453 e. The maximum absolute atomic E-state index is 5.78. The molecule has 0 radical (unpaired) electrons. The summed E-state index contributed by atoms with van der Waals surface area (Å²) in [5.74, 6) is 1.87. The number of pyridine rings is 1. The molecule has 0 spiro atoms. The molecule has 0 N–H and O–H groups in total. The summed E-state index contributed by atoms with van der Waals surface area (Å²) < 4.78 is 7.78. The van der Waals surface area contributed by atoms with Gasteiger partial charge in [0.1, 0.15) is 18.2 Å². The Bertz CT molecular complexity index is 576.